The summed E-state index contributed by atoms with van der Waals surface area (Å²) in [4.78, 5) is 71.6. The number of nitrogens with zero attached hydrogens (tertiary/aromatic N) is 6. The third-order valence-electron chi connectivity index (χ3n) is 14.5. The van der Waals surface area contributed by atoms with Gasteiger partial charge in [-0.1, -0.05) is 33.8 Å². The second-order valence-electron chi connectivity index (χ2n) is 19.7. The molecule has 2 aromatic carbocycles. The molecule has 5 atom stereocenters. The van der Waals surface area contributed by atoms with Crippen LogP contribution in [0.1, 0.15) is 118 Å². The van der Waals surface area contributed by atoms with Gasteiger partial charge in [0.2, 0.25) is 18.0 Å². The summed E-state index contributed by atoms with van der Waals surface area (Å²) < 4.78 is 35.7. The zero-order valence-electron chi connectivity index (χ0n) is 40.1. The Bertz CT molecular complexity index is 2890. The van der Waals surface area contributed by atoms with Crippen LogP contribution in [0, 0.1) is 24.6 Å². The third-order valence-corrected chi connectivity index (χ3v) is 15.7. The Morgan fingerprint density at radius 3 is 1.91 bits per heavy atom. The van der Waals surface area contributed by atoms with E-state index in [1.807, 2.05) is 55.8 Å². The molecule has 69 heavy (non-hydrogen) atoms. The van der Waals surface area contributed by atoms with Crippen LogP contribution in [0.25, 0.3) is 33.3 Å². The second kappa shape index (κ2) is 18.5. The predicted octanol–water partition coefficient (Wildman–Crippen LogP) is 9.14. The van der Waals surface area contributed by atoms with Crippen molar-refractivity contribution in [1.82, 2.24) is 30.0 Å². The fourth-order valence-corrected chi connectivity index (χ4v) is 11.8. The molecular weight excluding hydrogens is 900 g/mol. The number of hydrogen-bond donors (Lipinski definition) is 2. The number of thiazole rings is 1. The molecule has 2 aromatic heterocycles. The first-order valence-electron chi connectivity index (χ1n) is 24.2. The van der Waals surface area contributed by atoms with Crippen LogP contribution in [0.2, 0.25) is 0 Å². The molecule has 15 nitrogen and oxygen atoms in total. The number of aliphatic imine (C=N–C) groups is 2. The number of likely N-dealkylation sites (tertiary alicyclic amines) is 2. The third kappa shape index (κ3) is 8.60. The van der Waals surface area contributed by atoms with Gasteiger partial charge in [0, 0.05) is 65.9 Å². The minimum atomic E-state index is -0.743. The van der Waals surface area contributed by atoms with E-state index in [1.54, 1.807) is 23.6 Å². The van der Waals surface area contributed by atoms with Crippen LogP contribution in [0.4, 0.5) is 14.0 Å². The number of nitrogens with one attached hydrogen (secondary N) is 2. The lowest BCUT2D eigenvalue weighted by Crippen LogP contribution is -2.53. The first-order chi connectivity index (χ1) is 33.2. The Balaban J connectivity index is 0.925. The highest BCUT2D eigenvalue weighted by Gasteiger charge is 2.42. The molecule has 1 aliphatic carbocycles. The number of amides is 4. The molecule has 2 N–H and O–H groups in total. The Hall–Kier alpha value is -6.36. The van der Waals surface area contributed by atoms with Gasteiger partial charge in [-0.15, -0.1) is 11.3 Å². The van der Waals surface area contributed by atoms with Gasteiger partial charge in [-0.2, -0.15) is 0 Å². The van der Waals surface area contributed by atoms with Crippen LogP contribution >= 0.6 is 11.3 Å². The van der Waals surface area contributed by atoms with E-state index in [4.69, 9.17) is 29.2 Å². The van der Waals surface area contributed by atoms with Gasteiger partial charge in [0.25, 0.3) is 0 Å². The van der Waals surface area contributed by atoms with Gasteiger partial charge in [-0.3, -0.25) is 24.1 Å². The monoisotopic (exact) mass is 958 g/mol. The molecule has 0 bridgehead atoms. The van der Waals surface area contributed by atoms with Crippen LogP contribution in [0.15, 0.2) is 58.8 Å². The lowest BCUT2D eigenvalue weighted by Gasteiger charge is -2.31. The van der Waals surface area contributed by atoms with Crippen molar-refractivity contribution >= 4 is 68.8 Å². The van der Waals surface area contributed by atoms with E-state index in [0.29, 0.717) is 54.4 Å². The van der Waals surface area contributed by atoms with Crippen molar-refractivity contribution in [3.05, 3.63) is 81.3 Å². The number of ether oxygens (including phenoxy) is 3. The molecule has 10 rings (SSSR count). The number of aromatic nitrogens is 2. The Labute approximate surface area is 404 Å². The molecule has 6 aliphatic rings. The van der Waals surface area contributed by atoms with Gasteiger partial charge in [-0.05, 0) is 110 Å². The number of hydrogen-bond acceptors (Lipinski definition) is 11. The van der Waals surface area contributed by atoms with Gasteiger partial charge in [0.05, 0.1) is 48.1 Å². The van der Waals surface area contributed by atoms with E-state index in [9.17, 15) is 19.2 Å². The normalized spacial score (nSPS) is 21.6. The Morgan fingerprint density at radius 2 is 1.36 bits per heavy atom. The first kappa shape index (κ1) is 46.4. The van der Waals surface area contributed by atoms with Crippen LogP contribution in [-0.4, -0.2) is 106 Å². The van der Waals surface area contributed by atoms with Crippen LogP contribution in [-0.2, 0) is 19.1 Å². The predicted molar refractivity (Wildman–Crippen MR) is 263 cm³/mol. The van der Waals surface area contributed by atoms with Gasteiger partial charge < -0.3 is 34.6 Å². The summed E-state index contributed by atoms with van der Waals surface area (Å²) in [5, 5.41) is 7.46. The minimum Gasteiger partial charge on any atom is -0.463 e. The van der Waals surface area contributed by atoms with Crippen molar-refractivity contribution in [2.24, 2.45) is 21.8 Å². The van der Waals surface area contributed by atoms with E-state index < -0.39 is 36.3 Å². The molecule has 7 heterocycles. The van der Waals surface area contributed by atoms with Crippen molar-refractivity contribution in [3.8, 4) is 17.0 Å². The fraction of sp³-hybridized carbons (Fsp3) is 0.481. The van der Waals surface area contributed by atoms with E-state index in [-0.39, 0.29) is 35.7 Å². The zero-order valence-corrected chi connectivity index (χ0v) is 41.0. The number of aryl methyl sites for hydroxylation is 1. The van der Waals surface area contributed by atoms with Crippen molar-refractivity contribution < 1.29 is 37.8 Å². The topological polar surface area (TPSA) is 169 Å². The average molecular weight is 959 g/mol. The molecular formula is C52H59FN8O7S. The molecule has 0 radical (unpaired) electrons. The second-order valence-corrected chi connectivity index (χ2v) is 21.0. The quantitative estimate of drug-likeness (QED) is 0.142. The Kier molecular flexibility index (Phi) is 12.4. The van der Waals surface area contributed by atoms with E-state index in [0.717, 1.165) is 93.1 Å². The standard InChI is InChI=1S/C52H59FN8O7S/c1-26(2)44(57-51(64)66-6)48(62)59-16-8-10-39(59)36-20-33(24-54-36)30-14-15-38-32(18-30)22-41-43-35(53)19-31(23-42(43)68-50(61(38)41)46-28(5)69-47(56-46)29-12-13-29)34-21-37(55-25-34)40-11-9-17-60(40)49(63)45(27(3)4)58-52(65)67-7/h14-15,18-19,22-27,29,39-40,44-45,50H,8-13,16-17,20-21H2,1-7H3,(H,57,64)(H,58,65)/t39-,40-,44-,45-,50?/m0/s1. The number of fused-ring (bicyclic) bond motifs is 5. The highest BCUT2D eigenvalue weighted by Crippen LogP contribution is 2.50. The van der Waals surface area contributed by atoms with Crippen LogP contribution < -0.4 is 15.4 Å². The highest BCUT2D eigenvalue weighted by molar-refractivity contribution is 7.11. The summed E-state index contributed by atoms with van der Waals surface area (Å²) in [6.07, 6.45) is 8.13. The maximum absolute atomic E-state index is 17.0. The highest BCUT2D eigenvalue weighted by atomic mass is 32.1. The van der Waals surface area contributed by atoms with Gasteiger partial charge in [0.15, 0.2) is 0 Å². The van der Waals surface area contributed by atoms with Crippen LogP contribution in [0.3, 0.4) is 0 Å². The van der Waals surface area contributed by atoms with E-state index in [2.05, 4.69) is 40.3 Å². The summed E-state index contributed by atoms with van der Waals surface area (Å²) in [6.45, 7) is 10.8. The summed E-state index contributed by atoms with van der Waals surface area (Å²) in [7, 11) is 2.57. The summed E-state index contributed by atoms with van der Waals surface area (Å²) in [5.41, 5.74) is 7.96. The average Bonchev–Trinajstić information content (AvgIpc) is 4.02. The maximum Gasteiger partial charge on any atom is 0.407 e. The van der Waals surface area contributed by atoms with Crippen molar-refractivity contribution in [2.75, 3.05) is 27.3 Å². The fourth-order valence-electron chi connectivity index (χ4n) is 10.7. The van der Waals surface area contributed by atoms with E-state index in [1.165, 1.54) is 14.2 Å². The van der Waals surface area contributed by atoms with Crippen molar-refractivity contribution in [1.29, 1.82) is 0 Å². The number of rotatable bonds is 12. The lowest BCUT2D eigenvalue weighted by molar-refractivity contribution is -0.134. The number of halogens is 1. The van der Waals surface area contributed by atoms with Crippen molar-refractivity contribution in [2.45, 2.75) is 122 Å². The molecule has 362 valence electrons. The SMILES string of the molecule is COC(=O)N[C@H](C(=O)N1CCC[C@H]1C1=NC=C(c2cc(F)c3c(c2)OC(c2nc(C4CC4)sc2C)n2c-3cc3cc(C4=CN=C([C@@H]5CCCN5C(=O)[C@@H](NC(=O)OC)C(C)C)C4)ccc32)C1)C(C)C. The van der Waals surface area contributed by atoms with Gasteiger partial charge >= 0.3 is 12.2 Å². The van der Waals surface area contributed by atoms with Gasteiger partial charge in [-0.25, -0.2) is 19.0 Å². The van der Waals surface area contributed by atoms with E-state index >= 15 is 4.39 Å². The number of methoxy groups -OCH3 is 2. The molecule has 17 heteroatoms. The molecule has 1 unspecified atom stereocenters. The summed E-state index contributed by atoms with van der Waals surface area (Å²) in [5.74, 6) is -0.151. The molecule has 4 aromatic rings. The first-order valence-corrected chi connectivity index (χ1v) is 25.0. The largest absolute Gasteiger partial charge is 0.463 e. The number of benzene rings is 2. The molecule has 4 amide bonds. The number of carbonyl (C=O) groups excluding carboxylic acids is 4. The van der Waals surface area contributed by atoms with Crippen LogP contribution in [0.5, 0.6) is 5.75 Å². The smallest absolute Gasteiger partial charge is 0.407 e. The molecule has 0 spiro atoms. The maximum atomic E-state index is 17.0. The lowest BCUT2D eigenvalue weighted by atomic mass is 9.95. The summed E-state index contributed by atoms with van der Waals surface area (Å²) in [6, 6.07) is 9.88. The van der Waals surface area contributed by atoms with Gasteiger partial charge in [0.1, 0.15) is 29.3 Å². The summed E-state index contributed by atoms with van der Waals surface area (Å²) >= 11 is 1.70. The number of alkyl carbamates (subject to hydrolysis) is 2. The van der Waals surface area contributed by atoms with Crippen molar-refractivity contribution in [3.63, 3.8) is 0 Å². The molecule has 2 saturated heterocycles. The number of carbonyl (C=O) groups is 4. The Morgan fingerprint density at radius 1 is 0.783 bits per heavy atom. The molecule has 1 saturated carbocycles. The minimum absolute atomic E-state index is 0.131. The molecule has 5 aliphatic heterocycles. The zero-order chi connectivity index (χ0) is 48.4. The molecule has 3 fully saturated rings. The number of allylic oxidation sites excluding steroid dienone is 2.